The minimum absolute atomic E-state index is 0.254. The van der Waals surface area contributed by atoms with Gasteiger partial charge in [-0.15, -0.1) is 0 Å². The normalized spacial score (nSPS) is 11.3. The van der Waals surface area contributed by atoms with Crippen molar-refractivity contribution in [2.45, 2.75) is 12.7 Å². The van der Waals surface area contributed by atoms with E-state index < -0.39 is 10.0 Å². The van der Waals surface area contributed by atoms with E-state index in [1.165, 1.54) is 0 Å². The van der Waals surface area contributed by atoms with Crippen LogP contribution in [0.2, 0.25) is 10.0 Å². The molecule has 0 radical (unpaired) electrons. The number of nitrogens with zero attached hydrogens (tertiary/aromatic N) is 1. The van der Waals surface area contributed by atoms with Gasteiger partial charge in [-0.05, 0) is 36.8 Å². The van der Waals surface area contributed by atoms with Crippen molar-refractivity contribution in [3.05, 3.63) is 63.6 Å². The molecule has 1 amide bonds. The summed E-state index contributed by atoms with van der Waals surface area (Å²) in [6.45, 7) is 2.09. The summed E-state index contributed by atoms with van der Waals surface area (Å²) >= 11 is 13.6. The van der Waals surface area contributed by atoms with Crippen LogP contribution in [0.25, 0.3) is 0 Å². The summed E-state index contributed by atoms with van der Waals surface area (Å²) in [7, 11) is -3.56. The topological polar surface area (TPSA) is 66.5 Å². The van der Waals surface area contributed by atoms with Gasteiger partial charge in [-0.3, -0.25) is 9.10 Å². The Morgan fingerprint density at radius 2 is 1.82 bits per heavy atom. The molecule has 0 bridgehead atoms. The molecule has 0 atom stereocenters. The van der Waals surface area contributed by atoms with Crippen LogP contribution in [0.1, 0.15) is 11.1 Å². The van der Waals surface area contributed by atoms with Gasteiger partial charge >= 0.3 is 0 Å². The lowest BCUT2D eigenvalue weighted by Gasteiger charge is -2.22. The van der Waals surface area contributed by atoms with Crippen molar-refractivity contribution in [1.29, 1.82) is 0 Å². The molecule has 0 unspecified atom stereocenters. The average molecular weight is 461 g/mol. The molecule has 2 aromatic rings. The molecule has 0 fully saturated rings. The molecule has 1 N–H and O–H groups in total. The first-order valence-electron chi connectivity index (χ1n) is 8.49. The van der Waals surface area contributed by atoms with Crippen LogP contribution in [0.3, 0.4) is 0 Å². The van der Waals surface area contributed by atoms with E-state index >= 15 is 0 Å². The van der Waals surface area contributed by atoms with Gasteiger partial charge in [0.2, 0.25) is 15.9 Å². The third-order valence-corrected chi connectivity index (χ3v) is 6.59. The summed E-state index contributed by atoms with van der Waals surface area (Å²) in [6, 6.07) is 12.4. The van der Waals surface area contributed by atoms with Crippen LogP contribution in [0, 0.1) is 6.92 Å². The highest BCUT2D eigenvalue weighted by Crippen LogP contribution is 2.24. The molecule has 5 nitrogen and oxygen atoms in total. The Bertz CT molecular complexity index is 919. The number of carbonyl (C=O) groups excluding carboxylic acids is 1. The fourth-order valence-electron chi connectivity index (χ4n) is 2.38. The quantitative estimate of drug-likeness (QED) is 0.571. The summed E-state index contributed by atoms with van der Waals surface area (Å²) in [5.74, 6) is 1.02. The van der Waals surface area contributed by atoms with Gasteiger partial charge in [0.1, 0.15) is 6.54 Å². The number of sulfonamides is 1. The summed E-state index contributed by atoms with van der Waals surface area (Å²) in [5.41, 5.74) is 2.46. The number of aryl methyl sites for hydroxylation is 1. The van der Waals surface area contributed by atoms with Gasteiger partial charge in [0.25, 0.3) is 0 Å². The molecule has 0 aromatic heterocycles. The zero-order valence-corrected chi connectivity index (χ0v) is 18.8. The number of carbonyl (C=O) groups is 1. The minimum Gasteiger partial charge on any atom is -0.354 e. The molecule has 152 valence electrons. The molecule has 0 heterocycles. The predicted molar refractivity (Wildman–Crippen MR) is 119 cm³/mol. The Balaban J connectivity index is 1.82. The van der Waals surface area contributed by atoms with Crippen LogP contribution in [-0.4, -0.2) is 39.4 Å². The monoisotopic (exact) mass is 460 g/mol. The number of anilines is 1. The maximum Gasteiger partial charge on any atom is 0.240 e. The van der Waals surface area contributed by atoms with Crippen LogP contribution in [-0.2, 0) is 20.6 Å². The Morgan fingerprint density at radius 1 is 1.14 bits per heavy atom. The van der Waals surface area contributed by atoms with Crippen molar-refractivity contribution < 1.29 is 13.2 Å². The van der Waals surface area contributed by atoms with Gasteiger partial charge in [0.05, 0.1) is 11.9 Å². The lowest BCUT2D eigenvalue weighted by Crippen LogP contribution is -2.41. The van der Waals surface area contributed by atoms with E-state index in [0.29, 0.717) is 33.8 Å². The SMILES string of the molecule is Cc1ccc(N(CC(=O)NCCSCc2ccc(Cl)cc2Cl)S(C)(=O)=O)cc1. The fraction of sp³-hybridized carbons (Fsp3) is 0.316. The molecule has 9 heteroatoms. The van der Waals surface area contributed by atoms with Gasteiger partial charge in [0.15, 0.2) is 0 Å². The van der Waals surface area contributed by atoms with Crippen molar-refractivity contribution in [3.8, 4) is 0 Å². The van der Waals surface area contributed by atoms with Crippen molar-refractivity contribution in [1.82, 2.24) is 5.32 Å². The number of hydrogen-bond donors (Lipinski definition) is 1. The van der Waals surface area contributed by atoms with Crippen molar-refractivity contribution in [3.63, 3.8) is 0 Å². The minimum atomic E-state index is -3.56. The van der Waals surface area contributed by atoms with Crippen molar-refractivity contribution in [2.24, 2.45) is 0 Å². The smallest absolute Gasteiger partial charge is 0.240 e. The first-order chi connectivity index (χ1) is 13.2. The Labute approximate surface area is 180 Å². The van der Waals surface area contributed by atoms with Crippen LogP contribution in [0.4, 0.5) is 5.69 Å². The molecule has 2 aromatic carbocycles. The highest BCUT2D eigenvalue weighted by Gasteiger charge is 2.20. The second-order valence-electron chi connectivity index (χ2n) is 6.24. The molecular weight excluding hydrogens is 439 g/mol. The van der Waals surface area contributed by atoms with Crippen LogP contribution >= 0.6 is 35.0 Å². The lowest BCUT2D eigenvalue weighted by molar-refractivity contribution is -0.119. The largest absolute Gasteiger partial charge is 0.354 e. The second kappa shape index (κ2) is 10.4. The summed E-state index contributed by atoms with van der Waals surface area (Å²) in [5, 5.41) is 3.97. The van der Waals surface area contributed by atoms with E-state index in [2.05, 4.69) is 5.32 Å². The van der Waals surface area contributed by atoms with E-state index in [0.717, 1.165) is 21.7 Å². The highest BCUT2D eigenvalue weighted by molar-refractivity contribution is 7.98. The number of thioether (sulfide) groups is 1. The number of benzene rings is 2. The molecule has 2 rings (SSSR count). The zero-order valence-electron chi connectivity index (χ0n) is 15.6. The Morgan fingerprint density at radius 3 is 2.43 bits per heavy atom. The number of nitrogens with one attached hydrogen (secondary N) is 1. The van der Waals surface area contributed by atoms with Gasteiger partial charge in [-0.1, -0.05) is 47.0 Å². The van der Waals surface area contributed by atoms with E-state index in [9.17, 15) is 13.2 Å². The molecule has 0 saturated carbocycles. The zero-order chi connectivity index (χ0) is 20.7. The van der Waals surface area contributed by atoms with Gasteiger partial charge < -0.3 is 5.32 Å². The lowest BCUT2D eigenvalue weighted by atomic mass is 10.2. The maximum atomic E-state index is 12.2. The number of hydrogen-bond acceptors (Lipinski definition) is 4. The van der Waals surface area contributed by atoms with Crippen LogP contribution < -0.4 is 9.62 Å². The van der Waals surface area contributed by atoms with Crippen molar-refractivity contribution >= 4 is 56.6 Å². The standard InChI is InChI=1S/C19H22Cl2N2O3S2/c1-14-3-7-17(8-4-14)23(28(2,25)26)12-19(24)22-9-10-27-13-15-5-6-16(20)11-18(15)21/h3-8,11H,9-10,12-13H2,1-2H3,(H,22,24). The third kappa shape index (κ3) is 7.20. The van der Waals surface area contributed by atoms with Gasteiger partial charge in [-0.25, -0.2) is 8.42 Å². The molecule has 0 spiro atoms. The van der Waals surface area contributed by atoms with E-state index in [4.69, 9.17) is 23.2 Å². The third-order valence-electron chi connectivity index (χ3n) is 3.85. The van der Waals surface area contributed by atoms with Gasteiger partial charge in [0, 0.05) is 28.1 Å². The van der Waals surface area contributed by atoms with Crippen LogP contribution in [0.15, 0.2) is 42.5 Å². The molecule has 0 aliphatic carbocycles. The average Bonchev–Trinajstić information content (AvgIpc) is 2.61. The Kier molecular flexibility index (Phi) is 8.49. The summed E-state index contributed by atoms with van der Waals surface area (Å²) < 4.78 is 25.2. The Hall–Kier alpha value is -1.41. The number of amides is 1. The predicted octanol–water partition coefficient (Wildman–Crippen LogP) is 4.12. The fourth-order valence-corrected chi connectivity index (χ4v) is 4.65. The van der Waals surface area contributed by atoms with Crippen molar-refractivity contribution in [2.75, 3.05) is 29.4 Å². The first kappa shape index (κ1) is 22.9. The first-order valence-corrected chi connectivity index (χ1v) is 12.3. The van der Waals surface area contributed by atoms with E-state index in [1.807, 2.05) is 25.1 Å². The molecule has 28 heavy (non-hydrogen) atoms. The van der Waals surface area contributed by atoms with E-state index in [-0.39, 0.29) is 12.5 Å². The summed E-state index contributed by atoms with van der Waals surface area (Å²) in [6.07, 6.45) is 1.09. The molecular formula is C19H22Cl2N2O3S2. The van der Waals surface area contributed by atoms with Crippen LogP contribution in [0.5, 0.6) is 0 Å². The molecule has 0 aliphatic heterocycles. The number of rotatable bonds is 9. The molecule has 0 aliphatic rings. The van der Waals surface area contributed by atoms with Gasteiger partial charge in [-0.2, -0.15) is 11.8 Å². The second-order valence-corrected chi connectivity index (χ2v) is 10.1. The highest BCUT2D eigenvalue weighted by atomic mass is 35.5. The van der Waals surface area contributed by atoms with E-state index in [1.54, 1.807) is 36.0 Å². The maximum absolute atomic E-state index is 12.2. The number of halogens is 2. The summed E-state index contributed by atoms with van der Waals surface area (Å²) in [4.78, 5) is 12.2. The molecule has 0 saturated heterocycles.